The number of nitrogens with two attached hydrogens (primary N) is 1. The van der Waals surface area contributed by atoms with Crippen molar-refractivity contribution in [1.82, 2.24) is 5.32 Å². The van der Waals surface area contributed by atoms with Gasteiger partial charge in [-0.2, -0.15) is 0 Å². The Labute approximate surface area is 137 Å². The van der Waals surface area contributed by atoms with Crippen molar-refractivity contribution in [3.8, 4) is 0 Å². The molecule has 1 amide bonds. The Hall–Kier alpha value is -1.31. The minimum Gasteiger partial charge on any atom is -0.348 e. The van der Waals surface area contributed by atoms with Gasteiger partial charge in [0.1, 0.15) is 0 Å². The Morgan fingerprint density at radius 3 is 2.64 bits per heavy atom. The SMILES string of the molecule is Cc1cc(N2CCCS2(=O)=O)ccc1C(=O)N[C@@H](C)CN.Cl. The zero-order valence-electron chi connectivity index (χ0n) is 12.7. The first kappa shape index (κ1) is 18.7. The number of benzene rings is 1. The standard InChI is InChI=1S/C14H21N3O3S.ClH/c1-10-8-12(17-6-3-7-21(17,19)20)4-5-13(10)14(18)16-11(2)9-15;/h4-5,8,11H,3,6-7,9,15H2,1-2H3,(H,16,18);1H/t11-;/m0./s1. The van der Waals surface area contributed by atoms with E-state index in [1.165, 1.54) is 4.31 Å². The molecule has 1 fully saturated rings. The highest BCUT2D eigenvalue weighted by atomic mass is 35.5. The molecule has 2 rings (SSSR count). The summed E-state index contributed by atoms with van der Waals surface area (Å²) in [6.07, 6.45) is 0.637. The van der Waals surface area contributed by atoms with Crippen LogP contribution in [-0.2, 0) is 10.0 Å². The molecule has 3 N–H and O–H groups in total. The van der Waals surface area contributed by atoms with Gasteiger partial charge < -0.3 is 11.1 Å². The average molecular weight is 348 g/mol. The van der Waals surface area contributed by atoms with Gasteiger partial charge in [-0.15, -0.1) is 12.4 Å². The molecule has 1 saturated heterocycles. The second kappa shape index (κ2) is 7.30. The normalized spacial score (nSPS) is 17.7. The first-order valence-corrected chi connectivity index (χ1v) is 8.58. The van der Waals surface area contributed by atoms with E-state index >= 15 is 0 Å². The molecule has 0 saturated carbocycles. The van der Waals surface area contributed by atoms with Gasteiger partial charge in [-0.05, 0) is 44.0 Å². The fraction of sp³-hybridized carbons (Fsp3) is 0.500. The highest BCUT2D eigenvalue weighted by Crippen LogP contribution is 2.26. The topological polar surface area (TPSA) is 92.5 Å². The van der Waals surface area contributed by atoms with Crippen molar-refractivity contribution >= 4 is 34.0 Å². The summed E-state index contributed by atoms with van der Waals surface area (Å²) in [5.74, 6) is -0.0104. The molecule has 0 bridgehead atoms. The summed E-state index contributed by atoms with van der Waals surface area (Å²) in [6.45, 7) is 4.50. The zero-order chi connectivity index (χ0) is 15.6. The molecule has 1 aromatic carbocycles. The van der Waals surface area contributed by atoms with Gasteiger partial charge in [-0.3, -0.25) is 9.10 Å². The Balaban J connectivity index is 0.00000242. The van der Waals surface area contributed by atoms with Crippen LogP contribution >= 0.6 is 12.4 Å². The Bertz CT molecular complexity index is 649. The summed E-state index contributed by atoms with van der Waals surface area (Å²) in [6, 6.07) is 4.98. The van der Waals surface area contributed by atoms with Crippen molar-refractivity contribution in [1.29, 1.82) is 0 Å². The van der Waals surface area contributed by atoms with Crippen LogP contribution in [0.15, 0.2) is 18.2 Å². The van der Waals surface area contributed by atoms with Crippen molar-refractivity contribution in [3.05, 3.63) is 29.3 Å². The first-order valence-electron chi connectivity index (χ1n) is 6.97. The van der Waals surface area contributed by atoms with Crippen LogP contribution < -0.4 is 15.4 Å². The summed E-state index contributed by atoms with van der Waals surface area (Å²) < 4.78 is 25.2. The zero-order valence-corrected chi connectivity index (χ0v) is 14.3. The number of rotatable bonds is 4. The van der Waals surface area contributed by atoms with Gasteiger partial charge in [0.15, 0.2) is 0 Å². The summed E-state index contributed by atoms with van der Waals surface area (Å²) in [4.78, 5) is 12.1. The molecule has 8 heteroatoms. The summed E-state index contributed by atoms with van der Waals surface area (Å²) in [5, 5.41) is 2.80. The van der Waals surface area contributed by atoms with Crippen LogP contribution in [0.5, 0.6) is 0 Å². The highest BCUT2D eigenvalue weighted by molar-refractivity contribution is 7.93. The van der Waals surface area contributed by atoms with E-state index in [4.69, 9.17) is 5.73 Å². The lowest BCUT2D eigenvalue weighted by atomic mass is 10.1. The molecule has 0 unspecified atom stereocenters. The second-order valence-corrected chi connectivity index (χ2v) is 7.36. The van der Waals surface area contributed by atoms with E-state index in [0.29, 0.717) is 30.8 Å². The minimum atomic E-state index is -3.20. The van der Waals surface area contributed by atoms with E-state index in [1.807, 2.05) is 6.92 Å². The van der Waals surface area contributed by atoms with Gasteiger partial charge in [0, 0.05) is 24.7 Å². The average Bonchev–Trinajstić information content (AvgIpc) is 2.77. The van der Waals surface area contributed by atoms with Crippen molar-refractivity contribution < 1.29 is 13.2 Å². The third kappa shape index (κ3) is 3.91. The number of aryl methyl sites for hydroxylation is 1. The predicted octanol–water partition coefficient (Wildman–Crippen LogP) is 1.03. The van der Waals surface area contributed by atoms with Crippen molar-refractivity contribution in [2.75, 3.05) is 23.1 Å². The molecule has 0 spiro atoms. The first-order chi connectivity index (χ1) is 9.85. The van der Waals surface area contributed by atoms with Crippen molar-refractivity contribution in [2.45, 2.75) is 26.3 Å². The Morgan fingerprint density at radius 1 is 1.45 bits per heavy atom. The van der Waals surface area contributed by atoms with Crippen LogP contribution in [-0.4, -0.2) is 39.2 Å². The molecule has 1 aliphatic heterocycles. The fourth-order valence-electron chi connectivity index (χ4n) is 2.35. The van der Waals surface area contributed by atoms with Gasteiger partial charge in [-0.25, -0.2) is 8.42 Å². The molecular formula is C14H22ClN3O3S. The quantitative estimate of drug-likeness (QED) is 0.851. The number of halogens is 1. The molecule has 1 atom stereocenters. The van der Waals surface area contributed by atoms with Gasteiger partial charge in [0.25, 0.3) is 5.91 Å². The van der Waals surface area contributed by atoms with Gasteiger partial charge >= 0.3 is 0 Å². The number of sulfonamides is 1. The molecular weight excluding hydrogens is 326 g/mol. The number of hydrogen-bond donors (Lipinski definition) is 2. The number of hydrogen-bond acceptors (Lipinski definition) is 4. The van der Waals surface area contributed by atoms with Crippen molar-refractivity contribution in [2.24, 2.45) is 5.73 Å². The molecule has 0 aromatic heterocycles. The van der Waals surface area contributed by atoms with E-state index in [-0.39, 0.29) is 30.1 Å². The molecule has 0 aliphatic carbocycles. The molecule has 1 heterocycles. The monoisotopic (exact) mass is 347 g/mol. The number of anilines is 1. The Morgan fingerprint density at radius 2 is 2.14 bits per heavy atom. The molecule has 124 valence electrons. The minimum absolute atomic E-state index is 0. The van der Waals surface area contributed by atoms with Crippen LogP contribution in [0.3, 0.4) is 0 Å². The maximum absolute atomic E-state index is 12.1. The smallest absolute Gasteiger partial charge is 0.251 e. The lowest BCUT2D eigenvalue weighted by Crippen LogP contribution is -2.38. The Kier molecular flexibility index (Phi) is 6.22. The summed E-state index contributed by atoms with van der Waals surface area (Å²) in [7, 11) is -3.20. The van der Waals surface area contributed by atoms with Gasteiger partial charge in [-0.1, -0.05) is 0 Å². The molecule has 22 heavy (non-hydrogen) atoms. The lowest BCUT2D eigenvalue weighted by molar-refractivity contribution is 0.0940. The van der Waals surface area contributed by atoms with Gasteiger partial charge in [0.2, 0.25) is 10.0 Å². The van der Waals surface area contributed by atoms with E-state index < -0.39 is 10.0 Å². The van der Waals surface area contributed by atoms with Crippen LogP contribution in [0.25, 0.3) is 0 Å². The predicted molar refractivity (Wildman–Crippen MR) is 90.2 cm³/mol. The van der Waals surface area contributed by atoms with E-state index in [2.05, 4.69) is 5.32 Å². The van der Waals surface area contributed by atoms with Crippen LogP contribution in [0.1, 0.15) is 29.3 Å². The van der Waals surface area contributed by atoms with Crippen LogP contribution in [0.2, 0.25) is 0 Å². The maximum Gasteiger partial charge on any atom is 0.251 e. The third-order valence-corrected chi connectivity index (χ3v) is 5.44. The number of carbonyl (C=O) groups excluding carboxylic acids is 1. The number of nitrogens with one attached hydrogen (secondary N) is 1. The van der Waals surface area contributed by atoms with E-state index in [1.54, 1.807) is 25.1 Å². The summed E-state index contributed by atoms with van der Waals surface area (Å²) >= 11 is 0. The van der Waals surface area contributed by atoms with Crippen molar-refractivity contribution in [3.63, 3.8) is 0 Å². The molecule has 0 radical (unpaired) electrons. The van der Waals surface area contributed by atoms with Gasteiger partial charge in [0.05, 0.1) is 11.4 Å². The fourth-order valence-corrected chi connectivity index (χ4v) is 3.90. The third-order valence-electron chi connectivity index (χ3n) is 3.57. The molecule has 1 aromatic rings. The van der Waals surface area contributed by atoms with Crippen LogP contribution in [0, 0.1) is 6.92 Å². The largest absolute Gasteiger partial charge is 0.348 e. The van der Waals surface area contributed by atoms with E-state index in [0.717, 1.165) is 5.56 Å². The maximum atomic E-state index is 12.1. The van der Waals surface area contributed by atoms with E-state index in [9.17, 15) is 13.2 Å². The highest BCUT2D eigenvalue weighted by Gasteiger charge is 2.28. The van der Waals surface area contributed by atoms with Crippen LogP contribution in [0.4, 0.5) is 5.69 Å². The number of carbonyl (C=O) groups is 1. The molecule has 6 nitrogen and oxygen atoms in total. The number of amides is 1. The lowest BCUT2D eigenvalue weighted by Gasteiger charge is -2.19. The number of nitrogens with zero attached hydrogens (tertiary/aromatic N) is 1. The second-order valence-electron chi connectivity index (χ2n) is 5.35. The summed E-state index contributed by atoms with van der Waals surface area (Å²) in [5.41, 5.74) is 7.39. The molecule has 1 aliphatic rings.